The van der Waals surface area contributed by atoms with E-state index >= 15 is 0 Å². The molecule has 208 valence electrons. The van der Waals surface area contributed by atoms with Crippen molar-refractivity contribution in [2.75, 3.05) is 0 Å². The molecule has 2 aromatic carbocycles. The number of halogens is 3. The topological polar surface area (TPSA) is 81.3 Å². The third-order valence-electron chi connectivity index (χ3n) is 7.48. The molecule has 1 aromatic heterocycles. The fraction of sp³-hybridized carbons (Fsp3) is 0.433. The zero-order chi connectivity index (χ0) is 28.2. The van der Waals surface area contributed by atoms with Crippen LogP contribution < -0.4 is 5.69 Å². The number of carbonyl (C=O) groups excluding carboxylic acids is 1. The van der Waals surface area contributed by atoms with E-state index in [1.807, 2.05) is 6.92 Å². The molecule has 1 N–H and O–H groups in total. The van der Waals surface area contributed by atoms with Gasteiger partial charge in [0.25, 0.3) is 0 Å². The zero-order valence-electron chi connectivity index (χ0n) is 22.0. The summed E-state index contributed by atoms with van der Waals surface area (Å²) in [5, 5.41) is 9.49. The minimum absolute atomic E-state index is 0.0112. The molecule has 0 spiro atoms. The van der Waals surface area contributed by atoms with Gasteiger partial charge < -0.3 is 5.11 Å². The monoisotopic (exact) mass is 542 g/mol. The van der Waals surface area contributed by atoms with E-state index in [4.69, 9.17) is 0 Å². The number of imidazole rings is 1. The van der Waals surface area contributed by atoms with Gasteiger partial charge in [-0.1, -0.05) is 75.1 Å². The van der Waals surface area contributed by atoms with Crippen molar-refractivity contribution in [1.82, 2.24) is 9.13 Å². The van der Waals surface area contributed by atoms with E-state index in [1.165, 1.54) is 6.07 Å². The lowest BCUT2D eigenvalue weighted by molar-refractivity contribution is -0.143. The molecule has 3 aromatic rings. The van der Waals surface area contributed by atoms with Gasteiger partial charge >= 0.3 is 17.8 Å². The van der Waals surface area contributed by atoms with Crippen molar-refractivity contribution in [3.63, 3.8) is 0 Å². The first kappa shape index (κ1) is 28.4. The minimum Gasteiger partial charge on any atom is -0.478 e. The van der Waals surface area contributed by atoms with Gasteiger partial charge in [0.1, 0.15) is 0 Å². The number of aromatic carboxylic acids is 1. The number of nitrogens with zero attached hydrogens (tertiary/aromatic N) is 2. The van der Waals surface area contributed by atoms with Crippen LogP contribution in [0.25, 0.3) is 11.1 Å². The first-order chi connectivity index (χ1) is 18.6. The summed E-state index contributed by atoms with van der Waals surface area (Å²) in [6, 6.07) is 13.2. The van der Waals surface area contributed by atoms with Gasteiger partial charge in [-0.05, 0) is 54.4 Å². The van der Waals surface area contributed by atoms with E-state index in [2.05, 4.69) is 0 Å². The van der Waals surface area contributed by atoms with Gasteiger partial charge in [0, 0.05) is 6.42 Å². The van der Waals surface area contributed by atoms with Crippen LogP contribution in [-0.2, 0) is 19.1 Å². The Kier molecular flexibility index (Phi) is 8.77. The molecule has 6 nitrogen and oxygen atoms in total. The second-order valence-electron chi connectivity index (χ2n) is 10.3. The Bertz CT molecular complexity index is 1380. The van der Waals surface area contributed by atoms with Gasteiger partial charge in [-0.15, -0.1) is 0 Å². The van der Waals surface area contributed by atoms with Crippen LogP contribution in [-0.4, -0.2) is 26.1 Å². The normalized spacial score (nSPS) is 14.5. The average molecular weight is 543 g/mol. The number of benzene rings is 2. The van der Waals surface area contributed by atoms with Crippen molar-refractivity contribution >= 4 is 11.9 Å². The molecular formula is C30H33F3N2O4. The standard InChI is InChI=1S/C30H33F3N2O4/c1-2-3-13-25-27(30(31,32)33)35(26(36)18-20-9-5-4-6-10-20)29(39)34(25)19-21-14-16-22(17-15-21)23-11-7-8-12-24(23)28(37)38/h7-8,11-12,14-17,20H,2-6,9-10,13,18-19H2,1H3,(H,37,38). The van der Waals surface area contributed by atoms with E-state index < -0.39 is 29.4 Å². The number of hydrogen-bond donors (Lipinski definition) is 1. The molecule has 0 amide bonds. The number of unbranched alkanes of at least 4 members (excludes halogenated alkanes) is 1. The molecule has 1 aliphatic carbocycles. The van der Waals surface area contributed by atoms with Crippen molar-refractivity contribution in [2.45, 2.75) is 77.4 Å². The summed E-state index contributed by atoms with van der Waals surface area (Å²) in [6.45, 7) is 1.72. The minimum atomic E-state index is -4.86. The molecule has 1 fully saturated rings. The maximum absolute atomic E-state index is 14.4. The Hall–Kier alpha value is -3.62. The van der Waals surface area contributed by atoms with Crippen LogP contribution in [0.4, 0.5) is 13.2 Å². The van der Waals surface area contributed by atoms with Crippen molar-refractivity contribution in [3.05, 3.63) is 81.5 Å². The van der Waals surface area contributed by atoms with Crippen LogP contribution in [0, 0.1) is 5.92 Å². The molecule has 0 radical (unpaired) electrons. The fourth-order valence-electron chi connectivity index (χ4n) is 5.49. The van der Waals surface area contributed by atoms with Crippen LogP contribution in [0.15, 0.2) is 53.3 Å². The Labute approximate surface area is 225 Å². The first-order valence-corrected chi connectivity index (χ1v) is 13.5. The van der Waals surface area contributed by atoms with E-state index in [9.17, 15) is 32.7 Å². The quantitative estimate of drug-likeness (QED) is 0.315. The highest BCUT2D eigenvalue weighted by Crippen LogP contribution is 2.34. The first-order valence-electron chi connectivity index (χ1n) is 13.5. The smallest absolute Gasteiger partial charge is 0.433 e. The van der Waals surface area contributed by atoms with Crippen molar-refractivity contribution < 1.29 is 27.9 Å². The number of aromatic nitrogens is 2. The maximum atomic E-state index is 14.4. The number of carboxylic acid groups (broad SMARTS) is 1. The van der Waals surface area contributed by atoms with E-state index in [0.717, 1.165) is 36.7 Å². The predicted octanol–water partition coefficient (Wildman–Crippen LogP) is 7.04. The molecular weight excluding hydrogens is 509 g/mol. The van der Waals surface area contributed by atoms with E-state index in [1.54, 1.807) is 42.5 Å². The molecule has 0 saturated heterocycles. The number of alkyl halides is 3. The summed E-state index contributed by atoms with van der Waals surface area (Å²) < 4.78 is 44.6. The Morgan fingerprint density at radius 1 is 1.00 bits per heavy atom. The molecule has 1 saturated carbocycles. The molecule has 1 heterocycles. The van der Waals surface area contributed by atoms with Crippen LogP contribution >= 0.6 is 0 Å². The molecule has 9 heteroatoms. The predicted molar refractivity (Wildman–Crippen MR) is 142 cm³/mol. The molecule has 0 aliphatic heterocycles. The largest absolute Gasteiger partial charge is 0.478 e. The average Bonchev–Trinajstić information content (AvgIpc) is 3.20. The molecule has 1 aliphatic rings. The summed E-state index contributed by atoms with van der Waals surface area (Å²) in [6.07, 6.45) is 0.649. The zero-order valence-corrected chi connectivity index (χ0v) is 22.0. The SMILES string of the molecule is CCCCc1c(C(F)(F)F)n(C(=O)CC2CCCCC2)c(=O)n1Cc1ccc(-c2ccccc2C(=O)O)cc1. The second-order valence-corrected chi connectivity index (χ2v) is 10.3. The van der Waals surface area contributed by atoms with Crippen molar-refractivity contribution in [1.29, 1.82) is 0 Å². The third-order valence-corrected chi connectivity index (χ3v) is 7.48. The van der Waals surface area contributed by atoms with Gasteiger partial charge in [0.05, 0.1) is 17.8 Å². The molecule has 39 heavy (non-hydrogen) atoms. The summed E-state index contributed by atoms with van der Waals surface area (Å²) in [7, 11) is 0. The second kappa shape index (κ2) is 12.1. The van der Waals surface area contributed by atoms with Gasteiger partial charge in [0.2, 0.25) is 5.91 Å². The lowest BCUT2D eigenvalue weighted by Gasteiger charge is -2.21. The summed E-state index contributed by atoms with van der Waals surface area (Å²) >= 11 is 0. The summed E-state index contributed by atoms with van der Waals surface area (Å²) in [4.78, 5) is 38.2. The lowest BCUT2D eigenvalue weighted by Crippen LogP contribution is -2.33. The lowest BCUT2D eigenvalue weighted by atomic mass is 9.87. The van der Waals surface area contributed by atoms with Crippen molar-refractivity contribution in [3.8, 4) is 11.1 Å². The number of hydrogen-bond acceptors (Lipinski definition) is 3. The van der Waals surface area contributed by atoms with Gasteiger partial charge in [0.15, 0.2) is 5.69 Å². The Morgan fingerprint density at radius 2 is 1.67 bits per heavy atom. The Morgan fingerprint density at radius 3 is 2.28 bits per heavy atom. The maximum Gasteiger partial charge on any atom is 0.433 e. The fourth-order valence-corrected chi connectivity index (χ4v) is 5.49. The van der Waals surface area contributed by atoms with Gasteiger partial charge in [-0.3, -0.25) is 9.36 Å². The van der Waals surface area contributed by atoms with Crippen LogP contribution in [0.5, 0.6) is 0 Å². The number of carboxylic acids is 1. The summed E-state index contributed by atoms with van der Waals surface area (Å²) in [5.74, 6) is -1.88. The van der Waals surface area contributed by atoms with Crippen LogP contribution in [0.1, 0.15) is 90.4 Å². The molecule has 0 bridgehead atoms. The van der Waals surface area contributed by atoms with Crippen molar-refractivity contribution in [2.24, 2.45) is 5.92 Å². The van der Waals surface area contributed by atoms with E-state index in [0.29, 0.717) is 34.1 Å². The number of rotatable bonds is 9. The highest BCUT2D eigenvalue weighted by molar-refractivity contribution is 5.96. The Balaban J connectivity index is 1.72. The molecule has 4 rings (SSSR count). The van der Waals surface area contributed by atoms with Gasteiger partial charge in [-0.25, -0.2) is 14.2 Å². The third kappa shape index (κ3) is 6.34. The van der Waals surface area contributed by atoms with Crippen LogP contribution in [0.2, 0.25) is 0 Å². The molecule has 0 unspecified atom stereocenters. The highest BCUT2D eigenvalue weighted by atomic mass is 19.4. The van der Waals surface area contributed by atoms with Crippen LogP contribution in [0.3, 0.4) is 0 Å². The molecule has 0 atom stereocenters. The number of carbonyl (C=O) groups is 2. The van der Waals surface area contributed by atoms with E-state index in [-0.39, 0.29) is 36.6 Å². The highest BCUT2D eigenvalue weighted by Gasteiger charge is 2.42. The van der Waals surface area contributed by atoms with Gasteiger partial charge in [-0.2, -0.15) is 13.2 Å². The summed E-state index contributed by atoms with van der Waals surface area (Å²) in [5.41, 5.74) is -0.457.